The Morgan fingerprint density at radius 3 is 3.21 bits per heavy atom. The summed E-state index contributed by atoms with van der Waals surface area (Å²) in [6, 6.07) is 4.24. The van der Waals surface area contributed by atoms with E-state index in [1.54, 1.807) is 6.20 Å². The quantitative estimate of drug-likeness (QED) is 0.889. The first-order chi connectivity index (χ1) is 9.36. The number of nitrogens with one attached hydrogen (secondary N) is 1. The number of hydrogen-bond acceptors (Lipinski definition) is 4. The Hall–Kier alpha value is -1.07. The minimum atomic E-state index is -0.00368. The maximum atomic E-state index is 12.6. The van der Waals surface area contributed by atoms with Crippen molar-refractivity contribution in [2.75, 3.05) is 24.6 Å². The van der Waals surface area contributed by atoms with E-state index < -0.39 is 0 Å². The Bertz CT molecular complexity index is 434. The van der Waals surface area contributed by atoms with Gasteiger partial charge < -0.3 is 10.2 Å². The Kier molecular flexibility index (Phi) is 4.03. The van der Waals surface area contributed by atoms with Crippen molar-refractivity contribution in [3.05, 3.63) is 30.1 Å². The maximum Gasteiger partial charge on any atom is 0.241 e. The van der Waals surface area contributed by atoms with Gasteiger partial charge in [0, 0.05) is 37.0 Å². The summed E-state index contributed by atoms with van der Waals surface area (Å²) in [6.45, 7) is 1.81. The highest BCUT2D eigenvalue weighted by atomic mass is 32.2. The van der Waals surface area contributed by atoms with E-state index in [2.05, 4.69) is 16.4 Å². The van der Waals surface area contributed by atoms with Crippen molar-refractivity contribution >= 4 is 17.7 Å². The lowest BCUT2D eigenvalue weighted by Crippen LogP contribution is -2.50. The first-order valence-corrected chi connectivity index (χ1v) is 8.03. The lowest BCUT2D eigenvalue weighted by Gasteiger charge is -2.31. The molecule has 0 aliphatic carbocycles. The van der Waals surface area contributed by atoms with Crippen LogP contribution in [0.1, 0.15) is 24.4 Å². The van der Waals surface area contributed by atoms with Crippen LogP contribution in [0.15, 0.2) is 24.5 Å². The Morgan fingerprint density at radius 2 is 2.47 bits per heavy atom. The van der Waals surface area contributed by atoms with E-state index in [1.165, 1.54) is 0 Å². The minimum absolute atomic E-state index is 0.00368. The average Bonchev–Trinajstić information content (AvgIpc) is 2.98. The second-order valence-corrected chi connectivity index (χ2v) is 6.21. The number of hydrogen-bond donors (Lipinski definition) is 1. The summed E-state index contributed by atoms with van der Waals surface area (Å²) in [5.41, 5.74) is 1.16. The standard InChI is InChI=1S/C14H19N3OS/c18-14(12-10-19-8-6-16-12)17-7-2-4-13(17)11-3-1-5-15-9-11/h1,3,5,9,12-13,16H,2,4,6-8,10H2. The second-order valence-electron chi connectivity index (χ2n) is 5.06. The van der Waals surface area contributed by atoms with Crippen molar-refractivity contribution in [1.29, 1.82) is 0 Å². The molecule has 4 nitrogen and oxygen atoms in total. The zero-order chi connectivity index (χ0) is 13.1. The predicted molar refractivity (Wildman–Crippen MR) is 77.0 cm³/mol. The molecule has 0 bridgehead atoms. The molecule has 1 aromatic rings. The summed E-state index contributed by atoms with van der Waals surface area (Å²) in [4.78, 5) is 18.8. The lowest BCUT2D eigenvalue weighted by atomic mass is 10.1. The highest BCUT2D eigenvalue weighted by molar-refractivity contribution is 7.99. The molecule has 0 aromatic carbocycles. The Balaban J connectivity index is 1.74. The zero-order valence-electron chi connectivity index (χ0n) is 10.9. The molecule has 1 amide bonds. The number of carbonyl (C=O) groups excluding carboxylic acids is 1. The molecule has 2 saturated heterocycles. The largest absolute Gasteiger partial charge is 0.334 e. The van der Waals surface area contributed by atoms with E-state index in [1.807, 2.05) is 28.9 Å². The maximum absolute atomic E-state index is 12.6. The molecule has 1 aromatic heterocycles. The number of pyridine rings is 1. The first-order valence-electron chi connectivity index (χ1n) is 6.88. The Morgan fingerprint density at radius 1 is 1.53 bits per heavy atom. The molecule has 102 valence electrons. The van der Waals surface area contributed by atoms with Crippen LogP contribution >= 0.6 is 11.8 Å². The van der Waals surface area contributed by atoms with Crippen molar-refractivity contribution in [2.45, 2.75) is 24.9 Å². The highest BCUT2D eigenvalue weighted by Crippen LogP contribution is 2.32. The summed E-state index contributed by atoms with van der Waals surface area (Å²) < 4.78 is 0. The van der Waals surface area contributed by atoms with Gasteiger partial charge in [-0.15, -0.1) is 0 Å². The molecule has 2 aliphatic heterocycles. The van der Waals surface area contributed by atoms with Gasteiger partial charge in [-0.2, -0.15) is 11.8 Å². The minimum Gasteiger partial charge on any atom is -0.334 e. The molecular weight excluding hydrogens is 258 g/mol. The van der Waals surface area contributed by atoms with Crippen molar-refractivity contribution in [3.8, 4) is 0 Å². The molecule has 0 radical (unpaired) electrons. The number of thioether (sulfide) groups is 1. The molecule has 0 spiro atoms. The average molecular weight is 277 g/mol. The van der Waals surface area contributed by atoms with Crippen LogP contribution in [0, 0.1) is 0 Å². The zero-order valence-corrected chi connectivity index (χ0v) is 11.7. The van der Waals surface area contributed by atoms with Crippen molar-refractivity contribution in [1.82, 2.24) is 15.2 Å². The Labute approximate surface area is 118 Å². The third kappa shape index (κ3) is 2.77. The van der Waals surface area contributed by atoms with Crippen LogP contribution in [0.4, 0.5) is 0 Å². The van der Waals surface area contributed by atoms with Crippen LogP contribution in [0.3, 0.4) is 0 Å². The second kappa shape index (κ2) is 5.92. The summed E-state index contributed by atoms with van der Waals surface area (Å²) >= 11 is 1.86. The van der Waals surface area contributed by atoms with Gasteiger partial charge in [0.25, 0.3) is 0 Å². The van der Waals surface area contributed by atoms with E-state index >= 15 is 0 Å². The molecule has 2 aliphatic rings. The van der Waals surface area contributed by atoms with E-state index in [0.29, 0.717) is 0 Å². The van der Waals surface area contributed by atoms with Crippen molar-refractivity contribution in [3.63, 3.8) is 0 Å². The van der Waals surface area contributed by atoms with Gasteiger partial charge in [0.15, 0.2) is 0 Å². The fourth-order valence-electron chi connectivity index (χ4n) is 2.87. The van der Waals surface area contributed by atoms with Crippen LogP contribution in [0.25, 0.3) is 0 Å². The lowest BCUT2D eigenvalue weighted by molar-refractivity contribution is -0.133. The van der Waals surface area contributed by atoms with Gasteiger partial charge >= 0.3 is 0 Å². The number of aromatic nitrogens is 1. The summed E-state index contributed by atoms with van der Waals surface area (Å²) in [7, 11) is 0. The fourth-order valence-corrected chi connectivity index (χ4v) is 3.80. The van der Waals surface area contributed by atoms with Crippen LogP contribution in [-0.4, -0.2) is 46.4 Å². The fraction of sp³-hybridized carbons (Fsp3) is 0.571. The van der Waals surface area contributed by atoms with Gasteiger partial charge in [0.2, 0.25) is 5.91 Å². The van der Waals surface area contributed by atoms with Gasteiger partial charge in [-0.3, -0.25) is 9.78 Å². The SMILES string of the molecule is O=C(C1CSCCN1)N1CCCC1c1cccnc1. The molecule has 3 heterocycles. The monoisotopic (exact) mass is 277 g/mol. The van der Waals surface area contributed by atoms with Crippen LogP contribution in [0.2, 0.25) is 0 Å². The van der Waals surface area contributed by atoms with E-state index in [-0.39, 0.29) is 18.0 Å². The van der Waals surface area contributed by atoms with Gasteiger partial charge in [0.1, 0.15) is 0 Å². The summed E-state index contributed by atoms with van der Waals surface area (Å²) in [6.07, 6.45) is 5.81. The van der Waals surface area contributed by atoms with Crippen LogP contribution < -0.4 is 5.32 Å². The molecule has 2 fully saturated rings. The molecule has 1 N–H and O–H groups in total. The van der Waals surface area contributed by atoms with Crippen LogP contribution in [0.5, 0.6) is 0 Å². The van der Waals surface area contributed by atoms with Gasteiger partial charge in [0.05, 0.1) is 12.1 Å². The van der Waals surface area contributed by atoms with Crippen molar-refractivity contribution < 1.29 is 4.79 Å². The molecular formula is C14H19N3OS. The molecule has 5 heteroatoms. The summed E-state index contributed by atoms with van der Waals surface area (Å²) in [5.74, 6) is 2.27. The molecule has 3 rings (SSSR count). The molecule has 19 heavy (non-hydrogen) atoms. The van der Waals surface area contributed by atoms with E-state index in [0.717, 1.165) is 43.0 Å². The van der Waals surface area contributed by atoms with Gasteiger partial charge in [-0.1, -0.05) is 6.07 Å². The van der Waals surface area contributed by atoms with Gasteiger partial charge in [-0.25, -0.2) is 0 Å². The third-order valence-corrected chi connectivity index (χ3v) is 4.89. The van der Waals surface area contributed by atoms with E-state index in [4.69, 9.17) is 0 Å². The summed E-state index contributed by atoms with van der Waals surface area (Å²) in [5, 5.41) is 3.34. The number of nitrogens with zero attached hydrogens (tertiary/aromatic N) is 2. The first kappa shape index (κ1) is 12.9. The topological polar surface area (TPSA) is 45.2 Å². The van der Waals surface area contributed by atoms with Gasteiger partial charge in [-0.05, 0) is 24.5 Å². The highest BCUT2D eigenvalue weighted by Gasteiger charge is 2.34. The number of amides is 1. The number of likely N-dealkylation sites (tertiary alicyclic amines) is 1. The number of carbonyl (C=O) groups is 1. The normalized spacial score (nSPS) is 27.5. The predicted octanol–water partition coefficient (Wildman–Crippen LogP) is 1.45. The third-order valence-electron chi connectivity index (χ3n) is 3.82. The molecule has 2 atom stereocenters. The van der Waals surface area contributed by atoms with E-state index in [9.17, 15) is 4.79 Å². The molecule has 2 unspecified atom stereocenters. The van der Waals surface area contributed by atoms with Crippen LogP contribution in [-0.2, 0) is 4.79 Å². The smallest absolute Gasteiger partial charge is 0.241 e. The number of rotatable bonds is 2. The molecule has 0 saturated carbocycles. The van der Waals surface area contributed by atoms with Crippen molar-refractivity contribution in [2.24, 2.45) is 0 Å².